The van der Waals surface area contributed by atoms with E-state index >= 15 is 0 Å². The zero-order valence-electron chi connectivity index (χ0n) is 11.3. The molecule has 1 amide bonds. The molecule has 0 aromatic heterocycles. The van der Waals surface area contributed by atoms with Gasteiger partial charge in [-0.05, 0) is 12.8 Å². The number of aliphatic hydroxyl groups excluding tert-OH is 1. The van der Waals surface area contributed by atoms with Crippen molar-refractivity contribution in [2.45, 2.75) is 38.6 Å². The van der Waals surface area contributed by atoms with Gasteiger partial charge in [-0.15, -0.1) is 0 Å². The Bertz CT molecular complexity index is 399. The van der Waals surface area contributed by atoms with E-state index in [9.17, 15) is 9.59 Å². The average Bonchev–Trinajstić information content (AvgIpc) is 2.45. The first-order valence-corrected chi connectivity index (χ1v) is 6.65. The van der Waals surface area contributed by atoms with Crippen molar-refractivity contribution in [2.24, 2.45) is 0 Å². The molecule has 1 aromatic rings. The molecule has 0 saturated heterocycles. The minimum atomic E-state index is -0.183. The largest absolute Gasteiger partial charge is 0.394 e. The van der Waals surface area contributed by atoms with Crippen molar-refractivity contribution in [2.75, 3.05) is 6.61 Å². The standard InChI is InChI=1S/C15H21NO3/c1-2-13(11-17)16-15(19)10-6-9-14(18)12-7-4-3-5-8-12/h3-5,7-8,13,17H,2,6,9-11H2,1H3,(H,16,19). The molecule has 0 radical (unpaired) electrons. The highest BCUT2D eigenvalue weighted by Crippen LogP contribution is 2.06. The van der Waals surface area contributed by atoms with Gasteiger partial charge in [-0.3, -0.25) is 9.59 Å². The summed E-state index contributed by atoms with van der Waals surface area (Å²) in [5.41, 5.74) is 0.685. The number of nitrogens with one attached hydrogen (secondary N) is 1. The highest BCUT2D eigenvalue weighted by molar-refractivity contribution is 5.96. The number of ketones is 1. The summed E-state index contributed by atoms with van der Waals surface area (Å²) in [6, 6.07) is 8.89. The lowest BCUT2D eigenvalue weighted by Crippen LogP contribution is -2.36. The third kappa shape index (κ3) is 5.66. The van der Waals surface area contributed by atoms with E-state index in [2.05, 4.69) is 5.32 Å². The van der Waals surface area contributed by atoms with Crippen molar-refractivity contribution >= 4 is 11.7 Å². The van der Waals surface area contributed by atoms with Gasteiger partial charge in [0.2, 0.25) is 5.91 Å². The van der Waals surface area contributed by atoms with Gasteiger partial charge >= 0.3 is 0 Å². The van der Waals surface area contributed by atoms with Crippen LogP contribution in [0.5, 0.6) is 0 Å². The quantitative estimate of drug-likeness (QED) is 0.704. The second kappa shape index (κ2) is 8.43. The molecule has 0 aliphatic heterocycles. The molecule has 0 heterocycles. The van der Waals surface area contributed by atoms with Crippen molar-refractivity contribution in [3.63, 3.8) is 0 Å². The summed E-state index contributed by atoms with van der Waals surface area (Å²) < 4.78 is 0. The van der Waals surface area contributed by atoms with Crippen LogP contribution in [0.4, 0.5) is 0 Å². The maximum absolute atomic E-state index is 11.8. The van der Waals surface area contributed by atoms with E-state index in [0.29, 0.717) is 31.2 Å². The Kier molecular flexibility index (Phi) is 6.82. The molecule has 4 nitrogen and oxygen atoms in total. The SMILES string of the molecule is CCC(CO)NC(=O)CCCC(=O)c1ccccc1. The molecule has 0 aliphatic carbocycles. The number of rotatable bonds is 8. The van der Waals surface area contributed by atoms with Crippen LogP contribution in [-0.2, 0) is 4.79 Å². The molecule has 19 heavy (non-hydrogen) atoms. The van der Waals surface area contributed by atoms with Crippen molar-refractivity contribution in [3.05, 3.63) is 35.9 Å². The van der Waals surface area contributed by atoms with Gasteiger partial charge in [0.15, 0.2) is 5.78 Å². The number of aliphatic hydroxyl groups is 1. The molecule has 0 aliphatic rings. The van der Waals surface area contributed by atoms with Crippen LogP contribution in [0.25, 0.3) is 0 Å². The second-order valence-electron chi connectivity index (χ2n) is 4.50. The van der Waals surface area contributed by atoms with Gasteiger partial charge < -0.3 is 10.4 Å². The molecule has 1 aromatic carbocycles. The second-order valence-corrected chi connectivity index (χ2v) is 4.50. The summed E-state index contributed by atoms with van der Waals surface area (Å²) in [5.74, 6) is -0.0515. The Morgan fingerprint density at radius 3 is 2.47 bits per heavy atom. The molecular weight excluding hydrogens is 242 g/mol. The lowest BCUT2D eigenvalue weighted by Gasteiger charge is -2.13. The fraction of sp³-hybridized carbons (Fsp3) is 0.467. The summed E-state index contributed by atoms with van der Waals surface area (Å²) >= 11 is 0. The lowest BCUT2D eigenvalue weighted by atomic mass is 10.1. The third-order valence-corrected chi connectivity index (χ3v) is 2.98. The molecule has 1 atom stereocenters. The van der Waals surface area contributed by atoms with Gasteiger partial charge in [0.1, 0.15) is 0 Å². The van der Waals surface area contributed by atoms with Crippen LogP contribution in [0.15, 0.2) is 30.3 Å². The molecule has 0 fully saturated rings. The van der Waals surface area contributed by atoms with Gasteiger partial charge in [0.25, 0.3) is 0 Å². The zero-order chi connectivity index (χ0) is 14.1. The number of benzene rings is 1. The van der Waals surface area contributed by atoms with Gasteiger partial charge in [-0.25, -0.2) is 0 Å². The smallest absolute Gasteiger partial charge is 0.220 e. The number of hydrogen-bond donors (Lipinski definition) is 2. The molecule has 0 saturated carbocycles. The topological polar surface area (TPSA) is 66.4 Å². The fourth-order valence-electron chi connectivity index (χ4n) is 1.75. The zero-order valence-corrected chi connectivity index (χ0v) is 11.3. The Hall–Kier alpha value is -1.68. The molecule has 104 valence electrons. The number of hydrogen-bond acceptors (Lipinski definition) is 3. The van der Waals surface area contributed by atoms with Crippen molar-refractivity contribution in [1.82, 2.24) is 5.32 Å². The van der Waals surface area contributed by atoms with Crippen LogP contribution in [0.3, 0.4) is 0 Å². The monoisotopic (exact) mass is 263 g/mol. The van der Waals surface area contributed by atoms with E-state index in [4.69, 9.17) is 5.11 Å². The summed E-state index contributed by atoms with van der Waals surface area (Å²) in [6.07, 6.45) is 1.91. The minimum absolute atomic E-state index is 0.0504. The first-order valence-electron chi connectivity index (χ1n) is 6.65. The van der Waals surface area contributed by atoms with E-state index in [-0.39, 0.29) is 24.3 Å². The number of carbonyl (C=O) groups excluding carboxylic acids is 2. The maximum Gasteiger partial charge on any atom is 0.220 e. The summed E-state index contributed by atoms with van der Waals surface area (Å²) in [6.45, 7) is 1.85. The van der Waals surface area contributed by atoms with Crippen LogP contribution < -0.4 is 5.32 Å². The average molecular weight is 263 g/mol. The first kappa shape index (κ1) is 15.4. The predicted molar refractivity (Wildman–Crippen MR) is 73.9 cm³/mol. The van der Waals surface area contributed by atoms with Crippen LogP contribution in [0, 0.1) is 0 Å². The van der Waals surface area contributed by atoms with Crippen LogP contribution in [0.1, 0.15) is 43.0 Å². The molecule has 2 N–H and O–H groups in total. The highest BCUT2D eigenvalue weighted by Gasteiger charge is 2.10. The van der Waals surface area contributed by atoms with Crippen molar-refractivity contribution in [3.8, 4) is 0 Å². The van der Waals surface area contributed by atoms with Crippen LogP contribution in [-0.4, -0.2) is 29.4 Å². The van der Waals surface area contributed by atoms with Crippen LogP contribution in [0.2, 0.25) is 0 Å². The minimum Gasteiger partial charge on any atom is -0.394 e. The van der Waals surface area contributed by atoms with Gasteiger partial charge in [0, 0.05) is 18.4 Å². The number of amides is 1. The third-order valence-electron chi connectivity index (χ3n) is 2.98. The Morgan fingerprint density at radius 2 is 1.89 bits per heavy atom. The van der Waals surface area contributed by atoms with Gasteiger partial charge in [-0.1, -0.05) is 37.3 Å². The molecular formula is C15H21NO3. The highest BCUT2D eigenvalue weighted by atomic mass is 16.3. The maximum atomic E-state index is 11.8. The summed E-state index contributed by atoms with van der Waals surface area (Å²) in [7, 11) is 0. The summed E-state index contributed by atoms with van der Waals surface area (Å²) in [5, 5.41) is 11.7. The molecule has 0 bridgehead atoms. The number of carbonyl (C=O) groups is 2. The molecule has 0 spiro atoms. The molecule has 1 rings (SSSR count). The Morgan fingerprint density at radius 1 is 1.21 bits per heavy atom. The normalized spacial score (nSPS) is 11.9. The molecule has 1 unspecified atom stereocenters. The van der Waals surface area contributed by atoms with Crippen molar-refractivity contribution < 1.29 is 14.7 Å². The van der Waals surface area contributed by atoms with E-state index in [0.717, 1.165) is 0 Å². The van der Waals surface area contributed by atoms with Gasteiger partial charge in [-0.2, -0.15) is 0 Å². The van der Waals surface area contributed by atoms with E-state index < -0.39 is 0 Å². The van der Waals surface area contributed by atoms with E-state index in [1.54, 1.807) is 12.1 Å². The Balaban J connectivity index is 2.27. The van der Waals surface area contributed by atoms with E-state index in [1.165, 1.54) is 0 Å². The van der Waals surface area contributed by atoms with E-state index in [1.807, 2.05) is 25.1 Å². The lowest BCUT2D eigenvalue weighted by molar-refractivity contribution is -0.122. The number of Topliss-reactive ketones (excluding diaryl/α,β-unsaturated/α-hetero) is 1. The molecule has 4 heteroatoms. The van der Waals surface area contributed by atoms with Gasteiger partial charge in [0.05, 0.1) is 12.6 Å². The predicted octanol–water partition coefficient (Wildman–Crippen LogP) is 1.93. The first-order chi connectivity index (χ1) is 9.17. The van der Waals surface area contributed by atoms with Crippen LogP contribution >= 0.6 is 0 Å². The fourth-order valence-corrected chi connectivity index (χ4v) is 1.75. The summed E-state index contributed by atoms with van der Waals surface area (Å²) in [4.78, 5) is 23.3. The van der Waals surface area contributed by atoms with Crippen molar-refractivity contribution in [1.29, 1.82) is 0 Å². The Labute approximate surface area is 113 Å².